The molecule has 1 saturated carbocycles. The van der Waals surface area contributed by atoms with E-state index in [4.69, 9.17) is 5.73 Å². The van der Waals surface area contributed by atoms with Crippen molar-refractivity contribution >= 4 is 0 Å². The number of nitrogens with zero attached hydrogens (tertiary/aromatic N) is 2. The molecule has 0 unspecified atom stereocenters. The second kappa shape index (κ2) is 3.69. The van der Waals surface area contributed by atoms with Crippen LogP contribution in [0.3, 0.4) is 0 Å². The lowest BCUT2D eigenvalue weighted by Crippen LogP contribution is -2.22. The molecule has 0 amide bonds. The van der Waals surface area contributed by atoms with Crippen molar-refractivity contribution < 1.29 is 13.2 Å². The first-order chi connectivity index (χ1) is 7.39. The van der Waals surface area contributed by atoms with E-state index < -0.39 is 11.9 Å². The van der Waals surface area contributed by atoms with Crippen LogP contribution in [0.15, 0.2) is 12.3 Å². The quantitative estimate of drug-likeness (QED) is 0.864. The van der Waals surface area contributed by atoms with E-state index in [2.05, 4.69) is 9.97 Å². The fourth-order valence-electron chi connectivity index (χ4n) is 1.45. The van der Waals surface area contributed by atoms with Gasteiger partial charge in [0.15, 0.2) is 0 Å². The summed E-state index contributed by atoms with van der Waals surface area (Å²) in [6.07, 6.45) is -0.342. The Kier molecular flexibility index (Phi) is 2.61. The molecule has 0 atom stereocenters. The maximum atomic E-state index is 12.3. The Morgan fingerprint density at radius 1 is 1.38 bits per heavy atom. The Morgan fingerprint density at radius 3 is 2.62 bits per heavy atom. The molecule has 3 nitrogen and oxygen atoms in total. The van der Waals surface area contributed by atoms with E-state index >= 15 is 0 Å². The molecule has 1 aromatic rings. The molecule has 1 aliphatic carbocycles. The molecule has 0 spiro atoms. The van der Waals surface area contributed by atoms with Crippen LogP contribution in [-0.2, 0) is 12.6 Å². The third-order valence-corrected chi connectivity index (χ3v) is 2.73. The minimum atomic E-state index is -4.41. The lowest BCUT2D eigenvalue weighted by molar-refractivity contribution is -0.141. The van der Waals surface area contributed by atoms with Gasteiger partial charge < -0.3 is 5.73 Å². The van der Waals surface area contributed by atoms with Crippen molar-refractivity contribution in [3.8, 4) is 0 Å². The van der Waals surface area contributed by atoms with Crippen molar-refractivity contribution in [1.29, 1.82) is 0 Å². The van der Waals surface area contributed by atoms with Crippen molar-refractivity contribution in [2.45, 2.75) is 37.4 Å². The average molecular weight is 231 g/mol. The summed E-state index contributed by atoms with van der Waals surface area (Å²) in [5.41, 5.74) is 4.77. The molecule has 0 bridgehead atoms. The third-order valence-electron chi connectivity index (χ3n) is 2.73. The summed E-state index contributed by atoms with van der Waals surface area (Å²) in [5.74, 6) is 0.214. The summed E-state index contributed by atoms with van der Waals surface area (Å²) < 4.78 is 37.0. The van der Waals surface area contributed by atoms with Gasteiger partial charge >= 0.3 is 6.18 Å². The summed E-state index contributed by atoms with van der Waals surface area (Å²) in [4.78, 5) is 7.30. The molecule has 1 fully saturated rings. The first-order valence-corrected chi connectivity index (χ1v) is 5.07. The second-order valence-electron chi connectivity index (χ2n) is 4.22. The smallest absolute Gasteiger partial charge is 0.325 e. The van der Waals surface area contributed by atoms with Crippen LogP contribution < -0.4 is 5.73 Å². The van der Waals surface area contributed by atoms with Gasteiger partial charge in [-0.2, -0.15) is 13.2 Å². The van der Waals surface area contributed by atoms with Crippen LogP contribution in [0.1, 0.15) is 30.8 Å². The number of rotatable bonds is 3. The number of aryl methyl sites for hydroxylation is 1. The lowest BCUT2D eigenvalue weighted by Gasteiger charge is -2.09. The number of halogens is 3. The molecule has 0 radical (unpaired) electrons. The maximum Gasteiger partial charge on any atom is 0.433 e. The van der Waals surface area contributed by atoms with Gasteiger partial charge in [0.1, 0.15) is 11.5 Å². The number of hydrogen-bond acceptors (Lipinski definition) is 3. The van der Waals surface area contributed by atoms with Crippen molar-refractivity contribution in [2.75, 3.05) is 0 Å². The van der Waals surface area contributed by atoms with Crippen molar-refractivity contribution in [2.24, 2.45) is 5.73 Å². The molecular formula is C10H12F3N3. The molecule has 2 N–H and O–H groups in total. The predicted octanol–water partition coefficient (Wildman–Crippen LogP) is 1.92. The zero-order valence-corrected chi connectivity index (χ0v) is 8.59. The zero-order chi connectivity index (χ0) is 11.8. The van der Waals surface area contributed by atoms with Gasteiger partial charge in [0.25, 0.3) is 0 Å². The van der Waals surface area contributed by atoms with Gasteiger partial charge in [-0.05, 0) is 25.3 Å². The van der Waals surface area contributed by atoms with Crippen LogP contribution in [0.25, 0.3) is 0 Å². The molecule has 1 heterocycles. The summed E-state index contributed by atoms with van der Waals surface area (Å²) in [7, 11) is 0. The molecule has 0 aliphatic heterocycles. The van der Waals surface area contributed by atoms with E-state index in [1.54, 1.807) is 0 Å². The highest BCUT2D eigenvalue weighted by atomic mass is 19.4. The summed E-state index contributed by atoms with van der Waals surface area (Å²) >= 11 is 0. The van der Waals surface area contributed by atoms with E-state index in [9.17, 15) is 13.2 Å². The van der Waals surface area contributed by atoms with Gasteiger partial charge in [-0.15, -0.1) is 0 Å². The van der Waals surface area contributed by atoms with E-state index in [1.807, 2.05) is 0 Å². The van der Waals surface area contributed by atoms with Crippen LogP contribution in [0.2, 0.25) is 0 Å². The van der Waals surface area contributed by atoms with Crippen molar-refractivity contribution in [1.82, 2.24) is 9.97 Å². The highest BCUT2D eigenvalue weighted by Crippen LogP contribution is 2.36. The standard InChI is InChI=1S/C10H12F3N3/c11-10(12,13)7-2-6-15-8(16-7)1-3-9(14)4-5-9/h2,6H,1,3-5,14H2. The largest absolute Gasteiger partial charge is 0.433 e. The van der Waals surface area contributed by atoms with Gasteiger partial charge in [0.2, 0.25) is 0 Å². The fourth-order valence-corrected chi connectivity index (χ4v) is 1.45. The molecule has 1 aliphatic rings. The van der Waals surface area contributed by atoms with Crippen LogP contribution in [0.4, 0.5) is 13.2 Å². The molecule has 1 aromatic heterocycles. The average Bonchev–Trinajstić information content (AvgIpc) is 2.94. The van der Waals surface area contributed by atoms with Crippen molar-refractivity contribution in [3.05, 3.63) is 23.8 Å². The highest BCUT2D eigenvalue weighted by Gasteiger charge is 2.38. The fraction of sp³-hybridized carbons (Fsp3) is 0.600. The SMILES string of the molecule is NC1(CCc2nccc(C(F)(F)F)n2)CC1. The summed E-state index contributed by atoms with van der Waals surface area (Å²) in [6.45, 7) is 0. The second-order valence-corrected chi connectivity index (χ2v) is 4.22. The summed E-state index contributed by atoms with van der Waals surface area (Å²) in [5, 5.41) is 0. The van der Waals surface area contributed by atoms with Gasteiger partial charge in [-0.1, -0.05) is 0 Å². The van der Waals surface area contributed by atoms with Crippen molar-refractivity contribution in [3.63, 3.8) is 0 Å². The molecule has 6 heteroatoms. The zero-order valence-electron chi connectivity index (χ0n) is 8.59. The number of nitrogens with two attached hydrogens (primary N) is 1. The molecule has 0 aromatic carbocycles. The minimum absolute atomic E-state index is 0.183. The Morgan fingerprint density at radius 2 is 2.06 bits per heavy atom. The van der Waals surface area contributed by atoms with Crippen LogP contribution >= 0.6 is 0 Å². The monoisotopic (exact) mass is 231 g/mol. The topological polar surface area (TPSA) is 51.8 Å². The first-order valence-electron chi connectivity index (χ1n) is 5.07. The normalized spacial score (nSPS) is 18.5. The third kappa shape index (κ3) is 2.69. The van der Waals surface area contributed by atoms with E-state index in [1.165, 1.54) is 0 Å². The highest BCUT2D eigenvalue weighted by molar-refractivity contribution is 5.08. The molecule has 2 rings (SSSR count). The maximum absolute atomic E-state index is 12.3. The summed E-state index contributed by atoms with van der Waals surface area (Å²) in [6, 6.07) is 0.874. The lowest BCUT2D eigenvalue weighted by atomic mass is 10.1. The molecular weight excluding hydrogens is 219 g/mol. The van der Waals surface area contributed by atoms with Gasteiger partial charge in [-0.25, -0.2) is 9.97 Å². The van der Waals surface area contributed by atoms with Crippen LogP contribution in [-0.4, -0.2) is 15.5 Å². The van der Waals surface area contributed by atoms with E-state index in [0.717, 1.165) is 25.1 Å². The minimum Gasteiger partial charge on any atom is -0.325 e. The van der Waals surface area contributed by atoms with Gasteiger partial charge in [0.05, 0.1) is 0 Å². The molecule has 88 valence electrons. The van der Waals surface area contributed by atoms with Gasteiger partial charge in [0, 0.05) is 18.2 Å². The first kappa shape index (κ1) is 11.3. The van der Waals surface area contributed by atoms with Crippen LogP contribution in [0.5, 0.6) is 0 Å². The Bertz CT molecular complexity index is 385. The Hall–Kier alpha value is -1.17. The number of hydrogen-bond donors (Lipinski definition) is 1. The Labute approximate surface area is 90.9 Å². The predicted molar refractivity (Wildman–Crippen MR) is 51.5 cm³/mol. The number of alkyl halides is 3. The molecule has 16 heavy (non-hydrogen) atoms. The Balaban J connectivity index is 2.04. The van der Waals surface area contributed by atoms with E-state index in [0.29, 0.717) is 12.8 Å². The van der Waals surface area contributed by atoms with Gasteiger partial charge in [-0.3, -0.25) is 0 Å². The number of aromatic nitrogens is 2. The van der Waals surface area contributed by atoms with Crippen LogP contribution in [0, 0.1) is 0 Å². The molecule has 0 saturated heterocycles. The van der Waals surface area contributed by atoms with E-state index in [-0.39, 0.29) is 11.4 Å².